The normalized spacial score (nSPS) is 35.4. The number of carbonyl (C=O) groups excluding carboxylic acids is 2. The molecule has 1 saturated heterocycles. The first-order chi connectivity index (χ1) is 8.16. The number of rotatable bonds is 1. The van der Waals surface area contributed by atoms with Gasteiger partial charge in [0.05, 0.1) is 11.8 Å². The predicted molar refractivity (Wildman–Crippen MR) is 61.9 cm³/mol. The van der Waals surface area contributed by atoms with Crippen LogP contribution in [0.5, 0.6) is 0 Å². The van der Waals surface area contributed by atoms with E-state index in [0.29, 0.717) is 5.84 Å². The van der Waals surface area contributed by atoms with Gasteiger partial charge >= 0.3 is 0 Å². The maximum absolute atomic E-state index is 11.6. The van der Waals surface area contributed by atoms with E-state index in [1.54, 1.807) is 6.08 Å². The summed E-state index contributed by atoms with van der Waals surface area (Å²) in [6, 6.07) is 0. The molecule has 0 aromatic heterocycles. The lowest BCUT2D eigenvalue weighted by Gasteiger charge is -2.19. The Balaban J connectivity index is 1.90. The van der Waals surface area contributed by atoms with Gasteiger partial charge in [-0.05, 0) is 12.0 Å². The number of allylic oxidation sites excluding steroid dienone is 1. The van der Waals surface area contributed by atoms with Crippen molar-refractivity contribution in [2.24, 2.45) is 28.5 Å². The Morgan fingerprint density at radius 1 is 1.29 bits per heavy atom. The van der Waals surface area contributed by atoms with E-state index in [0.717, 1.165) is 18.5 Å². The van der Waals surface area contributed by atoms with Gasteiger partial charge in [0.2, 0.25) is 11.8 Å². The summed E-state index contributed by atoms with van der Waals surface area (Å²) in [7, 11) is 0. The number of hydrogen-bond acceptors (Lipinski definition) is 4. The number of imide groups is 1. The number of amides is 2. The molecule has 1 fully saturated rings. The molecule has 3 unspecified atom stereocenters. The summed E-state index contributed by atoms with van der Waals surface area (Å²) in [5.41, 5.74) is 6.83. The van der Waals surface area contributed by atoms with Crippen molar-refractivity contribution in [1.29, 1.82) is 0 Å². The minimum atomic E-state index is -0.365. The fourth-order valence-corrected chi connectivity index (χ4v) is 2.63. The summed E-state index contributed by atoms with van der Waals surface area (Å²) in [6.45, 7) is 0.737. The summed E-state index contributed by atoms with van der Waals surface area (Å²) in [6.07, 6.45) is 6.45. The molecule has 0 bridgehead atoms. The Morgan fingerprint density at radius 3 is 2.76 bits per heavy atom. The van der Waals surface area contributed by atoms with Gasteiger partial charge in [0.25, 0.3) is 0 Å². The van der Waals surface area contributed by atoms with Crippen LogP contribution in [0.1, 0.15) is 6.42 Å². The number of aliphatic imine (C=N–C) groups is 1. The number of nitrogens with two attached hydrogens (primary N) is 1. The number of fused-ring (bicyclic) bond motifs is 1. The van der Waals surface area contributed by atoms with Crippen molar-refractivity contribution in [1.82, 2.24) is 5.32 Å². The first-order valence-corrected chi connectivity index (χ1v) is 5.71. The van der Waals surface area contributed by atoms with Crippen LogP contribution in [0.15, 0.2) is 28.8 Å². The van der Waals surface area contributed by atoms with Crippen molar-refractivity contribution >= 4 is 17.6 Å². The molecule has 3 rings (SSSR count). The van der Waals surface area contributed by atoms with Crippen LogP contribution in [0.2, 0.25) is 0 Å². The van der Waals surface area contributed by atoms with Crippen molar-refractivity contribution in [2.75, 3.05) is 6.54 Å². The quantitative estimate of drug-likeness (QED) is 0.610. The van der Waals surface area contributed by atoms with Crippen molar-refractivity contribution in [3.05, 3.63) is 23.8 Å². The summed E-state index contributed by atoms with van der Waals surface area (Å²) in [4.78, 5) is 27.2. The standard InChI is InChI=1S/C12H13N3O2/c13-10-7(3-4-14-10)6-1-2-8-9(5-6)12(17)15-11(8)16/h1-2,5,7-9H,3-4H2,(H2,13,14)(H,15,16,17). The lowest BCUT2D eigenvalue weighted by atomic mass is 9.83. The van der Waals surface area contributed by atoms with Crippen LogP contribution in [0.25, 0.3) is 0 Å². The molecule has 0 aromatic carbocycles. The van der Waals surface area contributed by atoms with Gasteiger partial charge in [-0.15, -0.1) is 0 Å². The topological polar surface area (TPSA) is 84.5 Å². The Kier molecular flexibility index (Phi) is 2.14. The lowest BCUT2D eigenvalue weighted by molar-refractivity contribution is -0.125. The molecule has 0 radical (unpaired) electrons. The van der Waals surface area contributed by atoms with Gasteiger partial charge in [-0.2, -0.15) is 0 Å². The van der Waals surface area contributed by atoms with Gasteiger partial charge < -0.3 is 5.73 Å². The van der Waals surface area contributed by atoms with Gasteiger partial charge in [-0.25, -0.2) is 0 Å². The molecule has 0 aromatic rings. The van der Waals surface area contributed by atoms with Crippen LogP contribution < -0.4 is 11.1 Å². The fraction of sp³-hybridized carbons (Fsp3) is 0.417. The second-order valence-electron chi connectivity index (χ2n) is 4.58. The lowest BCUT2D eigenvalue weighted by Crippen LogP contribution is -2.24. The number of amidine groups is 1. The predicted octanol–water partition coefficient (Wildman–Crippen LogP) is -0.252. The van der Waals surface area contributed by atoms with Crippen molar-refractivity contribution < 1.29 is 9.59 Å². The van der Waals surface area contributed by atoms with Gasteiger partial charge in [0.1, 0.15) is 5.84 Å². The van der Waals surface area contributed by atoms with E-state index in [2.05, 4.69) is 10.3 Å². The smallest absolute Gasteiger partial charge is 0.234 e. The summed E-state index contributed by atoms with van der Waals surface area (Å²) < 4.78 is 0. The monoisotopic (exact) mass is 231 g/mol. The van der Waals surface area contributed by atoms with Gasteiger partial charge in [0.15, 0.2) is 0 Å². The zero-order valence-corrected chi connectivity index (χ0v) is 9.22. The number of nitrogens with zero attached hydrogens (tertiary/aromatic N) is 1. The number of carbonyl (C=O) groups is 2. The second-order valence-corrected chi connectivity index (χ2v) is 4.58. The van der Waals surface area contributed by atoms with Crippen LogP contribution in [0.4, 0.5) is 0 Å². The van der Waals surface area contributed by atoms with Crippen molar-refractivity contribution in [2.45, 2.75) is 6.42 Å². The molecule has 0 spiro atoms. The number of nitrogens with one attached hydrogen (secondary N) is 1. The molecule has 17 heavy (non-hydrogen) atoms. The van der Waals surface area contributed by atoms with E-state index in [9.17, 15) is 9.59 Å². The van der Waals surface area contributed by atoms with Crippen LogP contribution >= 0.6 is 0 Å². The highest BCUT2D eigenvalue weighted by molar-refractivity contribution is 6.07. The van der Waals surface area contributed by atoms with E-state index >= 15 is 0 Å². The van der Waals surface area contributed by atoms with Crippen LogP contribution in [-0.4, -0.2) is 24.2 Å². The minimum absolute atomic E-state index is 0.107. The maximum atomic E-state index is 11.6. The Hall–Kier alpha value is -1.91. The fourth-order valence-electron chi connectivity index (χ4n) is 2.63. The van der Waals surface area contributed by atoms with Crippen LogP contribution in [0, 0.1) is 17.8 Å². The van der Waals surface area contributed by atoms with Gasteiger partial charge in [-0.3, -0.25) is 19.9 Å². The maximum Gasteiger partial charge on any atom is 0.234 e. The van der Waals surface area contributed by atoms with E-state index in [-0.39, 0.29) is 29.6 Å². The molecule has 5 nitrogen and oxygen atoms in total. The highest BCUT2D eigenvalue weighted by Gasteiger charge is 2.41. The molecule has 2 heterocycles. The molecule has 2 amide bonds. The molecule has 3 N–H and O–H groups in total. The zero-order valence-electron chi connectivity index (χ0n) is 9.22. The second kappa shape index (κ2) is 3.55. The number of hydrogen-bond donors (Lipinski definition) is 2. The molecule has 3 atom stereocenters. The first-order valence-electron chi connectivity index (χ1n) is 5.71. The molecular formula is C12H13N3O2. The average Bonchev–Trinajstić information content (AvgIpc) is 2.84. The minimum Gasteiger partial charge on any atom is -0.387 e. The van der Waals surface area contributed by atoms with E-state index < -0.39 is 0 Å². The third kappa shape index (κ3) is 1.50. The van der Waals surface area contributed by atoms with E-state index in [4.69, 9.17) is 5.73 Å². The highest BCUT2D eigenvalue weighted by Crippen LogP contribution is 2.32. The molecule has 3 aliphatic rings. The van der Waals surface area contributed by atoms with Crippen molar-refractivity contribution in [3.8, 4) is 0 Å². The average molecular weight is 231 g/mol. The van der Waals surface area contributed by atoms with Gasteiger partial charge in [0, 0.05) is 12.5 Å². The Labute approximate surface area is 98.5 Å². The largest absolute Gasteiger partial charge is 0.387 e. The third-order valence-electron chi connectivity index (χ3n) is 3.58. The summed E-state index contributed by atoms with van der Waals surface area (Å²) in [5, 5.41) is 2.35. The highest BCUT2D eigenvalue weighted by atomic mass is 16.2. The molecule has 1 aliphatic carbocycles. The van der Waals surface area contributed by atoms with E-state index in [1.165, 1.54) is 0 Å². The van der Waals surface area contributed by atoms with E-state index in [1.807, 2.05) is 12.2 Å². The zero-order chi connectivity index (χ0) is 12.0. The first kappa shape index (κ1) is 10.3. The summed E-state index contributed by atoms with van der Waals surface area (Å²) >= 11 is 0. The van der Waals surface area contributed by atoms with Gasteiger partial charge in [-0.1, -0.05) is 18.2 Å². The van der Waals surface area contributed by atoms with Crippen LogP contribution in [0.3, 0.4) is 0 Å². The Bertz CT molecular complexity index is 490. The molecule has 2 aliphatic heterocycles. The SMILES string of the molecule is NC1=NCCC1C1=CC2C(=O)NC(=O)C2C=C1. The molecule has 5 heteroatoms. The molecule has 88 valence electrons. The summed E-state index contributed by atoms with van der Waals surface area (Å²) in [5.74, 6) is -0.392. The molecular weight excluding hydrogens is 218 g/mol. The molecule has 0 saturated carbocycles. The van der Waals surface area contributed by atoms with Crippen molar-refractivity contribution in [3.63, 3.8) is 0 Å². The van der Waals surface area contributed by atoms with Crippen LogP contribution in [-0.2, 0) is 9.59 Å². The Morgan fingerprint density at radius 2 is 2.06 bits per heavy atom. The third-order valence-corrected chi connectivity index (χ3v) is 3.58.